The Hall–Kier alpha value is -0.560. The van der Waals surface area contributed by atoms with Gasteiger partial charge in [-0.05, 0) is 30.9 Å². The van der Waals surface area contributed by atoms with Gasteiger partial charge < -0.3 is 0 Å². The van der Waals surface area contributed by atoms with E-state index in [-0.39, 0.29) is 5.38 Å². The molecule has 0 bridgehead atoms. The third-order valence-corrected chi connectivity index (χ3v) is 3.97. The lowest BCUT2D eigenvalue weighted by Crippen LogP contribution is -2.27. The first-order chi connectivity index (χ1) is 6.79. The molecule has 1 nitrogen and oxygen atoms in total. The molecule has 1 aromatic heterocycles. The van der Waals surface area contributed by atoms with Crippen molar-refractivity contribution in [2.45, 2.75) is 37.5 Å². The van der Waals surface area contributed by atoms with Crippen LogP contribution in [0.2, 0.25) is 0 Å². The highest BCUT2D eigenvalue weighted by Crippen LogP contribution is 2.38. The second-order valence-corrected chi connectivity index (χ2v) is 4.68. The summed E-state index contributed by atoms with van der Waals surface area (Å²) in [6.45, 7) is 2.18. The average molecular weight is 210 g/mol. The fraction of sp³-hybridized carbons (Fsp3) is 0.583. The van der Waals surface area contributed by atoms with Gasteiger partial charge in [0.2, 0.25) is 0 Å². The van der Waals surface area contributed by atoms with Gasteiger partial charge in [-0.2, -0.15) is 0 Å². The van der Waals surface area contributed by atoms with Crippen molar-refractivity contribution in [1.29, 1.82) is 0 Å². The van der Waals surface area contributed by atoms with Crippen LogP contribution in [-0.4, -0.2) is 10.4 Å². The van der Waals surface area contributed by atoms with E-state index in [4.69, 9.17) is 11.6 Å². The summed E-state index contributed by atoms with van der Waals surface area (Å²) in [6, 6.07) is 6.05. The Labute approximate surface area is 90.5 Å². The molecule has 0 spiro atoms. The van der Waals surface area contributed by atoms with Crippen LogP contribution in [0.4, 0.5) is 0 Å². The lowest BCUT2D eigenvalue weighted by molar-refractivity contribution is 0.285. The molecule has 2 heteroatoms. The molecule has 2 unspecified atom stereocenters. The van der Waals surface area contributed by atoms with Gasteiger partial charge in [0.1, 0.15) is 0 Å². The Morgan fingerprint density at radius 2 is 2.21 bits per heavy atom. The molecule has 0 aliphatic heterocycles. The van der Waals surface area contributed by atoms with Gasteiger partial charge in [-0.1, -0.05) is 19.4 Å². The van der Waals surface area contributed by atoms with Crippen molar-refractivity contribution < 1.29 is 0 Å². The van der Waals surface area contributed by atoms with Gasteiger partial charge in [-0.15, -0.1) is 11.6 Å². The lowest BCUT2D eigenvalue weighted by atomic mass is 9.78. The molecule has 1 aliphatic rings. The molecule has 2 atom stereocenters. The Morgan fingerprint density at radius 3 is 2.71 bits per heavy atom. The number of hydrogen-bond donors (Lipinski definition) is 0. The fourth-order valence-corrected chi connectivity index (χ4v) is 2.36. The van der Waals surface area contributed by atoms with Crippen molar-refractivity contribution in [1.82, 2.24) is 4.98 Å². The predicted molar refractivity (Wildman–Crippen MR) is 59.6 cm³/mol. The average Bonchev–Trinajstić information content (AvgIpc) is 2.15. The molecule has 1 heterocycles. The molecule has 76 valence electrons. The molecular weight excluding hydrogens is 194 g/mol. The van der Waals surface area contributed by atoms with Crippen LogP contribution in [0.3, 0.4) is 0 Å². The van der Waals surface area contributed by atoms with E-state index >= 15 is 0 Å². The summed E-state index contributed by atoms with van der Waals surface area (Å²) in [5.74, 6) is 1.09. The molecule has 0 radical (unpaired) electrons. The van der Waals surface area contributed by atoms with Crippen LogP contribution in [0, 0.1) is 5.92 Å². The minimum absolute atomic E-state index is 0.263. The van der Waals surface area contributed by atoms with E-state index in [9.17, 15) is 0 Å². The van der Waals surface area contributed by atoms with Crippen molar-refractivity contribution in [2.75, 3.05) is 0 Å². The number of rotatable bonds is 3. The number of pyridine rings is 1. The molecule has 1 aromatic rings. The van der Waals surface area contributed by atoms with Gasteiger partial charge in [0.15, 0.2) is 0 Å². The number of halogens is 1. The first-order valence-electron chi connectivity index (χ1n) is 5.34. The second kappa shape index (κ2) is 4.31. The van der Waals surface area contributed by atoms with Gasteiger partial charge >= 0.3 is 0 Å². The van der Waals surface area contributed by atoms with Gasteiger partial charge in [-0.25, -0.2) is 0 Å². The molecule has 2 rings (SSSR count). The predicted octanol–water partition coefficient (Wildman–Crippen LogP) is 3.59. The number of alkyl halides is 1. The van der Waals surface area contributed by atoms with Gasteiger partial charge in [0.05, 0.1) is 0 Å². The zero-order chi connectivity index (χ0) is 9.97. The van der Waals surface area contributed by atoms with Crippen molar-refractivity contribution in [2.24, 2.45) is 5.92 Å². The van der Waals surface area contributed by atoms with Crippen LogP contribution in [0.5, 0.6) is 0 Å². The van der Waals surface area contributed by atoms with E-state index in [0.29, 0.717) is 11.8 Å². The third kappa shape index (κ3) is 1.93. The maximum Gasteiger partial charge on any atom is 0.0446 e. The monoisotopic (exact) mass is 209 g/mol. The minimum Gasteiger partial charge on any atom is -0.261 e. The van der Waals surface area contributed by atoms with E-state index in [1.165, 1.54) is 19.3 Å². The number of hydrogen-bond acceptors (Lipinski definition) is 1. The van der Waals surface area contributed by atoms with Crippen LogP contribution in [0.1, 0.15) is 37.8 Å². The SMILES string of the molecule is CC(c1ccccn1)C(Cl)C1CCC1. The van der Waals surface area contributed by atoms with Crippen LogP contribution in [-0.2, 0) is 0 Å². The standard InChI is InChI=1S/C12H16ClN/c1-9(11-7-2-3-8-14-11)12(13)10-5-4-6-10/h2-3,7-10,12H,4-6H2,1H3. The molecule has 0 N–H and O–H groups in total. The van der Waals surface area contributed by atoms with Crippen LogP contribution < -0.4 is 0 Å². The van der Waals surface area contributed by atoms with E-state index in [1.807, 2.05) is 18.3 Å². The van der Waals surface area contributed by atoms with Gasteiger partial charge in [0, 0.05) is 23.2 Å². The molecule has 1 aliphatic carbocycles. The molecule has 14 heavy (non-hydrogen) atoms. The molecule has 0 aromatic carbocycles. The fourth-order valence-electron chi connectivity index (χ4n) is 1.97. The third-order valence-electron chi connectivity index (χ3n) is 3.23. The first kappa shape index (κ1) is 9.97. The van der Waals surface area contributed by atoms with E-state index in [2.05, 4.69) is 18.0 Å². The topological polar surface area (TPSA) is 12.9 Å². The van der Waals surface area contributed by atoms with E-state index in [1.54, 1.807) is 0 Å². The summed E-state index contributed by atoms with van der Waals surface area (Å²) >= 11 is 6.43. The maximum atomic E-state index is 6.43. The zero-order valence-electron chi connectivity index (χ0n) is 8.49. The van der Waals surface area contributed by atoms with Crippen molar-refractivity contribution in [3.63, 3.8) is 0 Å². The van der Waals surface area contributed by atoms with Crippen molar-refractivity contribution in [3.8, 4) is 0 Å². The number of nitrogens with zero attached hydrogens (tertiary/aromatic N) is 1. The number of aromatic nitrogens is 1. The largest absolute Gasteiger partial charge is 0.261 e. The highest BCUT2D eigenvalue weighted by molar-refractivity contribution is 6.21. The van der Waals surface area contributed by atoms with Gasteiger partial charge in [0.25, 0.3) is 0 Å². The maximum absolute atomic E-state index is 6.43. The van der Waals surface area contributed by atoms with Gasteiger partial charge in [-0.3, -0.25) is 4.98 Å². The summed E-state index contributed by atoms with van der Waals surface area (Å²) in [5.41, 5.74) is 1.12. The second-order valence-electron chi connectivity index (χ2n) is 4.18. The summed E-state index contributed by atoms with van der Waals surface area (Å²) in [6.07, 6.45) is 5.79. The quantitative estimate of drug-likeness (QED) is 0.694. The molecule has 1 fully saturated rings. The summed E-state index contributed by atoms with van der Waals surface area (Å²) in [5, 5.41) is 0.263. The van der Waals surface area contributed by atoms with Crippen molar-refractivity contribution >= 4 is 11.6 Å². The molecule has 1 saturated carbocycles. The molecule has 0 saturated heterocycles. The molecular formula is C12H16ClN. The highest BCUT2D eigenvalue weighted by Gasteiger charge is 2.30. The smallest absolute Gasteiger partial charge is 0.0446 e. The zero-order valence-corrected chi connectivity index (χ0v) is 9.24. The summed E-state index contributed by atoms with van der Waals surface area (Å²) in [7, 11) is 0. The normalized spacial score (nSPS) is 21.3. The summed E-state index contributed by atoms with van der Waals surface area (Å²) < 4.78 is 0. The van der Waals surface area contributed by atoms with E-state index < -0.39 is 0 Å². The van der Waals surface area contributed by atoms with Crippen LogP contribution in [0.25, 0.3) is 0 Å². The lowest BCUT2D eigenvalue weighted by Gasteiger charge is -2.33. The Morgan fingerprint density at radius 1 is 1.43 bits per heavy atom. The molecule has 0 amide bonds. The first-order valence-corrected chi connectivity index (χ1v) is 5.77. The Bertz CT molecular complexity index is 282. The van der Waals surface area contributed by atoms with Crippen LogP contribution in [0.15, 0.2) is 24.4 Å². The van der Waals surface area contributed by atoms with Crippen LogP contribution >= 0.6 is 11.6 Å². The van der Waals surface area contributed by atoms with E-state index in [0.717, 1.165) is 5.69 Å². The van der Waals surface area contributed by atoms with Crippen molar-refractivity contribution in [3.05, 3.63) is 30.1 Å². The highest BCUT2D eigenvalue weighted by atomic mass is 35.5. The Kier molecular flexibility index (Phi) is 3.07. The Balaban J connectivity index is 2.03. The minimum atomic E-state index is 0.263. The summed E-state index contributed by atoms with van der Waals surface area (Å²) in [4.78, 5) is 4.36.